The van der Waals surface area contributed by atoms with E-state index < -0.39 is 5.60 Å². The summed E-state index contributed by atoms with van der Waals surface area (Å²) in [6, 6.07) is 0. The van der Waals surface area contributed by atoms with Crippen LogP contribution >= 0.6 is 0 Å². The van der Waals surface area contributed by atoms with Gasteiger partial charge in [0, 0.05) is 6.54 Å². The van der Waals surface area contributed by atoms with Crippen molar-refractivity contribution in [2.75, 3.05) is 13.1 Å². The monoisotopic (exact) mass is 226 g/mol. The van der Waals surface area contributed by atoms with Crippen molar-refractivity contribution in [1.29, 1.82) is 0 Å². The molecule has 92 valence electrons. The van der Waals surface area contributed by atoms with Crippen LogP contribution in [0.4, 0.5) is 4.79 Å². The smallest absolute Gasteiger partial charge is 0.407 e. The average Bonchev–Trinajstić information content (AvgIpc) is 1.96. The van der Waals surface area contributed by atoms with E-state index in [2.05, 4.69) is 5.32 Å². The van der Waals surface area contributed by atoms with Gasteiger partial charge in [-0.1, -0.05) is 0 Å². The van der Waals surface area contributed by atoms with Gasteiger partial charge >= 0.3 is 6.09 Å². The number of amides is 1. The first-order valence-electron chi connectivity index (χ1n) is 5.95. The van der Waals surface area contributed by atoms with Crippen molar-refractivity contribution < 1.29 is 9.53 Å². The lowest BCUT2D eigenvalue weighted by atomic mass is 9.35. The fourth-order valence-electron chi connectivity index (χ4n) is 3.21. The lowest BCUT2D eigenvalue weighted by Crippen LogP contribution is -2.68. The summed E-state index contributed by atoms with van der Waals surface area (Å²) in [6.07, 6.45) is 3.21. The Balaban J connectivity index is 1.69. The first-order chi connectivity index (χ1) is 7.28. The summed E-state index contributed by atoms with van der Waals surface area (Å²) in [5.41, 5.74) is 6.05. The van der Waals surface area contributed by atoms with Gasteiger partial charge in [0.1, 0.15) is 5.60 Å². The van der Waals surface area contributed by atoms with Gasteiger partial charge in [0.25, 0.3) is 0 Å². The molecule has 3 N–H and O–H groups in total. The van der Waals surface area contributed by atoms with E-state index in [0.717, 1.165) is 13.1 Å². The van der Waals surface area contributed by atoms with Crippen molar-refractivity contribution >= 4 is 6.09 Å². The predicted molar refractivity (Wildman–Crippen MR) is 62.0 cm³/mol. The molecule has 3 fully saturated rings. The van der Waals surface area contributed by atoms with Crippen LogP contribution in [0.3, 0.4) is 0 Å². The number of carbonyl (C=O) groups is 1. The third kappa shape index (κ3) is 2.03. The van der Waals surface area contributed by atoms with E-state index in [1.807, 2.05) is 20.8 Å². The first kappa shape index (κ1) is 11.7. The van der Waals surface area contributed by atoms with Gasteiger partial charge < -0.3 is 15.8 Å². The number of ether oxygens (including phenoxy) is 1. The minimum atomic E-state index is -0.415. The Kier molecular flexibility index (Phi) is 2.46. The van der Waals surface area contributed by atoms with Gasteiger partial charge in [0.05, 0.1) is 0 Å². The number of nitrogens with two attached hydrogens (primary N) is 1. The molecule has 1 amide bonds. The van der Waals surface area contributed by atoms with Gasteiger partial charge in [0.15, 0.2) is 0 Å². The molecule has 0 spiro atoms. The van der Waals surface area contributed by atoms with E-state index in [4.69, 9.17) is 10.5 Å². The quantitative estimate of drug-likeness (QED) is 0.769. The molecule has 16 heavy (non-hydrogen) atoms. The minimum Gasteiger partial charge on any atom is -0.444 e. The average molecular weight is 226 g/mol. The van der Waals surface area contributed by atoms with Crippen LogP contribution in [0.15, 0.2) is 0 Å². The van der Waals surface area contributed by atoms with E-state index in [-0.39, 0.29) is 6.09 Å². The van der Waals surface area contributed by atoms with E-state index in [1.165, 1.54) is 19.3 Å². The highest BCUT2D eigenvalue weighted by atomic mass is 16.6. The number of rotatable bonds is 3. The van der Waals surface area contributed by atoms with Gasteiger partial charge in [-0.25, -0.2) is 4.79 Å². The first-order valence-corrected chi connectivity index (χ1v) is 5.95. The molecular weight excluding hydrogens is 204 g/mol. The number of carbonyl (C=O) groups excluding carboxylic acids is 1. The van der Waals surface area contributed by atoms with Crippen LogP contribution in [0, 0.1) is 10.8 Å². The summed E-state index contributed by atoms with van der Waals surface area (Å²) in [4.78, 5) is 11.5. The lowest BCUT2D eigenvalue weighted by molar-refractivity contribution is -0.191. The van der Waals surface area contributed by atoms with Crippen molar-refractivity contribution in [3.63, 3.8) is 0 Å². The maximum absolute atomic E-state index is 11.5. The second-order valence-electron chi connectivity index (χ2n) is 6.59. The van der Waals surface area contributed by atoms with Crippen molar-refractivity contribution in [1.82, 2.24) is 5.32 Å². The third-order valence-electron chi connectivity index (χ3n) is 3.69. The van der Waals surface area contributed by atoms with E-state index in [1.54, 1.807) is 0 Å². The minimum absolute atomic E-state index is 0.306. The highest BCUT2D eigenvalue weighted by molar-refractivity contribution is 5.67. The summed E-state index contributed by atoms with van der Waals surface area (Å²) in [6.45, 7) is 7.15. The molecular formula is C12H22N2O2. The Morgan fingerprint density at radius 3 is 2.31 bits per heavy atom. The lowest BCUT2D eigenvalue weighted by Gasteiger charge is -2.70. The van der Waals surface area contributed by atoms with Crippen LogP contribution in [0.25, 0.3) is 0 Å². The van der Waals surface area contributed by atoms with Gasteiger partial charge in [-0.15, -0.1) is 0 Å². The topological polar surface area (TPSA) is 64.3 Å². The van der Waals surface area contributed by atoms with Crippen LogP contribution < -0.4 is 11.1 Å². The molecule has 4 nitrogen and oxygen atoms in total. The van der Waals surface area contributed by atoms with Gasteiger partial charge in [-0.2, -0.15) is 0 Å². The summed E-state index contributed by atoms with van der Waals surface area (Å²) < 4.78 is 5.20. The number of alkyl carbamates (subject to hydrolysis) is 1. The number of hydrogen-bond acceptors (Lipinski definition) is 3. The molecule has 0 aromatic carbocycles. The molecule has 0 aromatic heterocycles. The third-order valence-corrected chi connectivity index (χ3v) is 3.69. The molecule has 3 rings (SSSR count). The molecule has 2 bridgehead atoms. The van der Waals surface area contributed by atoms with Crippen LogP contribution in [-0.4, -0.2) is 24.8 Å². The summed E-state index contributed by atoms with van der Waals surface area (Å²) in [7, 11) is 0. The van der Waals surface area contributed by atoms with Crippen LogP contribution in [0.1, 0.15) is 40.0 Å². The zero-order chi connectivity index (χ0) is 12.0. The van der Waals surface area contributed by atoms with Gasteiger partial charge in [-0.3, -0.25) is 0 Å². The molecule has 0 atom stereocenters. The normalized spacial score (nSPS) is 36.0. The van der Waals surface area contributed by atoms with Gasteiger partial charge in [0.2, 0.25) is 0 Å². The molecule has 0 heterocycles. The highest BCUT2D eigenvalue weighted by Crippen LogP contribution is 2.72. The van der Waals surface area contributed by atoms with Crippen molar-refractivity contribution in [3.8, 4) is 0 Å². The fraction of sp³-hybridized carbons (Fsp3) is 0.917. The maximum atomic E-state index is 11.5. The predicted octanol–water partition coefficient (Wildman–Crippen LogP) is 1.64. The Labute approximate surface area is 96.9 Å². The molecule has 3 aliphatic carbocycles. The van der Waals surface area contributed by atoms with E-state index in [0.29, 0.717) is 10.8 Å². The molecule has 0 aliphatic heterocycles. The number of hydrogen-bond donors (Lipinski definition) is 2. The van der Waals surface area contributed by atoms with Crippen molar-refractivity contribution in [3.05, 3.63) is 0 Å². The zero-order valence-corrected chi connectivity index (χ0v) is 10.4. The zero-order valence-electron chi connectivity index (χ0n) is 10.4. The Morgan fingerprint density at radius 2 is 1.88 bits per heavy atom. The largest absolute Gasteiger partial charge is 0.444 e. The summed E-state index contributed by atoms with van der Waals surface area (Å²) in [5, 5.41) is 2.86. The molecule has 0 radical (unpaired) electrons. The Hall–Kier alpha value is -0.770. The molecule has 3 aliphatic rings. The molecule has 3 saturated carbocycles. The second kappa shape index (κ2) is 3.36. The van der Waals surface area contributed by atoms with Crippen LogP contribution in [-0.2, 0) is 4.74 Å². The molecule has 0 aromatic rings. The molecule has 0 unspecified atom stereocenters. The van der Waals surface area contributed by atoms with E-state index >= 15 is 0 Å². The van der Waals surface area contributed by atoms with E-state index in [9.17, 15) is 4.79 Å². The standard InChI is InChI=1S/C12H22N2O2/c1-10(2,3)16-9(15)14-8-12-4-11(5-12,6-12)7-13/h4-8,13H2,1-3H3,(H,14,15). The van der Waals surface area contributed by atoms with Crippen LogP contribution in [0.5, 0.6) is 0 Å². The highest BCUT2D eigenvalue weighted by Gasteiger charge is 2.66. The summed E-state index contributed by atoms with van der Waals surface area (Å²) >= 11 is 0. The maximum Gasteiger partial charge on any atom is 0.407 e. The summed E-state index contributed by atoms with van der Waals surface area (Å²) in [5.74, 6) is 0. The van der Waals surface area contributed by atoms with Crippen molar-refractivity contribution in [2.45, 2.75) is 45.6 Å². The Morgan fingerprint density at radius 1 is 1.31 bits per heavy atom. The van der Waals surface area contributed by atoms with Crippen molar-refractivity contribution in [2.24, 2.45) is 16.6 Å². The Bertz CT molecular complexity index is 287. The van der Waals surface area contributed by atoms with Crippen LogP contribution in [0.2, 0.25) is 0 Å². The molecule has 4 heteroatoms. The fourth-order valence-corrected chi connectivity index (χ4v) is 3.21. The molecule has 0 saturated heterocycles. The SMILES string of the molecule is CC(C)(C)OC(=O)NCC12CC(CN)(C1)C2. The second-order valence-corrected chi connectivity index (χ2v) is 6.59. The van der Waals surface area contributed by atoms with Gasteiger partial charge in [-0.05, 0) is 57.4 Å². The number of nitrogens with one attached hydrogen (secondary N) is 1.